The van der Waals surface area contributed by atoms with Gasteiger partial charge in [0.05, 0.1) is 23.7 Å². The number of allylic oxidation sites excluding steroid dienone is 1. The van der Waals surface area contributed by atoms with Crippen LogP contribution >= 0.6 is 0 Å². The first-order valence-electron chi connectivity index (χ1n) is 7.73. The number of rotatable bonds is 7. The van der Waals surface area contributed by atoms with Crippen molar-refractivity contribution in [3.8, 4) is 0 Å². The highest BCUT2D eigenvalue weighted by molar-refractivity contribution is 7.89. The Morgan fingerprint density at radius 3 is 2.65 bits per heavy atom. The van der Waals surface area contributed by atoms with Gasteiger partial charge in [-0.1, -0.05) is 6.08 Å². The van der Waals surface area contributed by atoms with E-state index in [-0.39, 0.29) is 17.4 Å². The van der Waals surface area contributed by atoms with Crippen LogP contribution in [0.1, 0.15) is 47.8 Å². The van der Waals surface area contributed by atoms with Crippen molar-refractivity contribution < 1.29 is 18.3 Å². The summed E-state index contributed by atoms with van der Waals surface area (Å²) in [4.78, 5) is 11.1. The Bertz CT molecular complexity index is 673. The second-order valence-electron chi connectivity index (χ2n) is 5.77. The monoisotopic (exact) mass is 341 g/mol. The van der Waals surface area contributed by atoms with Gasteiger partial charge in [-0.3, -0.25) is 4.68 Å². The van der Waals surface area contributed by atoms with Crippen LogP contribution < -0.4 is 0 Å². The van der Waals surface area contributed by atoms with Crippen molar-refractivity contribution in [2.75, 3.05) is 18.8 Å². The number of hydrogen-bond donors (Lipinski definition) is 1. The van der Waals surface area contributed by atoms with E-state index in [0.717, 1.165) is 0 Å². The third kappa shape index (κ3) is 4.00. The van der Waals surface area contributed by atoms with E-state index in [1.54, 1.807) is 17.7 Å². The molecule has 128 valence electrons. The van der Waals surface area contributed by atoms with Crippen molar-refractivity contribution in [1.82, 2.24) is 14.1 Å². The van der Waals surface area contributed by atoms with Crippen LogP contribution in [0.3, 0.4) is 0 Å². The van der Waals surface area contributed by atoms with Crippen LogP contribution in [0.15, 0.2) is 18.9 Å². The SMILES string of the molecule is C=CCCCS(=O)(=O)N1CCC(n2ncc(C(=O)O)c2C)CC1. The smallest absolute Gasteiger partial charge is 0.339 e. The van der Waals surface area contributed by atoms with Gasteiger partial charge in [-0.05, 0) is 32.6 Å². The maximum absolute atomic E-state index is 12.3. The van der Waals surface area contributed by atoms with Gasteiger partial charge in [-0.2, -0.15) is 5.10 Å². The zero-order valence-corrected chi connectivity index (χ0v) is 14.1. The lowest BCUT2D eigenvalue weighted by Crippen LogP contribution is -2.40. The third-order valence-corrected chi connectivity index (χ3v) is 6.20. The van der Waals surface area contributed by atoms with E-state index < -0.39 is 16.0 Å². The molecule has 1 aliphatic rings. The molecule has 1 fully saturated rings. The van der Waals surface area contributed by atoms with Gasteiger partial charge in [0.15, 0.2) is 0 Å². The number of aromatic nitrogens is 2. The summed E-state index contributed by atoms with van der Waals surface area (Å²) in [6.07, 6.45) is 5.65. The predicted octanol–water partition coefficient (Wildman–Crippen LogP) is 1.82. The predicted molar refractivity (Wildman–Crippen MR) is 87.0 cm³/mol. The van der Waals surface area contributed by atoms with Crippen molar-refractivity contribution >= 4 is 16.0 Å². The van der Waals surface area contributed by atoms with Crippen LogP contribution in [-0.4, -0.2) is 52.4 Å². The quantitative estimate of drug-likeness (QED) is 0.603. The number of nitrogens with zero attached hydrogens (tertiary/aromatic N) is 3. The fourth-order valence-corrected chi connectivity index (χ4v) is 4.46. The Morgan fingerprint density at radius 2 is 2.13 bits per heavy atom. The molecule has 1 saturated heterocycles. The van der Waals surface area contributed by atoms with E-state index in [9.17, 15) is 13.2 Å². The zero-order chi connectivity index (χ0) is 17.0. The van der Waals surface area contributed by atoms with Crippen LogP contribution in [0.2, 0.25) is 0 Å². The third-order valence-electron chi connectivity index (χ3n) is 4.25. The molecule has 2 heterocycles. The Labute approximate surface area is 136 Å². The maximum Gasteiger partial charge on any atom is 0.339 e. The standard InChI is InChI=1S/C15H23N3O4S/c1-3-4-5-10-23(21,22)17-8-6-13(7-9-17)18-12(2)14(11-16-18)15(19)20/h3,11,13H,1,4-10H2,2H3,(H,19,20). The van der Waals surface area contributed by atoms with Gasteiger partial charge in [0.25, 0.3) is 0 Å². The summed E-state index contributed by atoms with van der Waals surface area (Å²) in [6, 6.07) is 0.0442. The minimum atomic E-state index is -3.22. The molecule has 0 bridgehead atoms. The lowest BCUT2D eigenvalue weighted by Gasteiger charge is -2.31. The molecule has 8 heteroatoms. The van der Waals surface area contributed by atoms with E-state index in [2.05, 4.69) is 11.7 Å². The van der Waals surface area contributed by atoms with Crippen LogP contribution in [0.25, 0.3) is 0 Å². The number of hydrogen-bond acceptors (Lipinski definition) is 4. The van der Waals surface area contributed by atoms with E-state index in [0.29, 0.717) is 44.5 Å². The Morgan fingerprint density at radius 1 is 1.48 bits per heavy atom. The summed E-state index contributed by atoms with van der Waals surface area (Å²) in [5, 5.41) is 13.2. The van der Waals surface area contributed by atoms with Crippen molar-refractivity contribution in [1.29, 1.82) is 0 Å². The molecule has 0 spiro atoms. The van der Waals surface area contributed by atoms with Gasteiger partial charge in [0, 0.05) is 13.1 Å². The number of unbranched alkanes of at least 4 members (excludes halogenated alkanes) is 1. The summed E-state index contributed by atoms with van der Waals surface area (Å²) < 4.78 is 27.8. The highest BCUT2D eigenvalue weighted by Gasteiger charge is 2.29. The largest absolute Gasteiger partial charge is 0.478 e. The summed E-state index contributed by atoms with van der Waals surface area (Å²) in [6.45, 7) is 6.22. The Kier molecular flexibility index (Phi) is 5.59. The van der Waals surface area contributed by atoms with Gasteiger partial charge in [-0.25, -0.2) is 17.5 Å². The molecule has 7 nitrogen and oxygen atoms in total. The van der Waals surface area contributed by atoms with Gasteiger partial charge >= 0.3 is 5.97 Å². The highest BCUT2D eigenvalue weighted by Crippen LogP contribution is 2.26. The van der Waals surface area contributed by atoms with Crippen molar-refractivity contribution in [3.63, 3.8) is 0 Å². The minimum absolute atomic E-state index is 0.0442. The average molecular weight is 341 g/mol. The number of carbonyl (C=O) groups is 1. The van der Waals surface area contributed by atoms with E-state index >= 15 is 0 Å². The summed E-state index contributed by atoms with van der Waals surface area (Å²) >= 11 is 0. The molecule has 1 aromatic heterocycles. The van der Waals surface area contributed by atoms with Gasteiger partial charge in [0.1, 0.15) is 5.56 Å². The molecule has 1 aliphatic heterocycles. The summed E-state index contributed by atoms with van der Waals surface area (Å²) in [5.74, 6) is -0.843. The molecule has 0 atom stereocenters. The molecule has 0 saturated carbocycles. The lowest BCUT2D eigenvalue weighted by atomic mass is 10.1. The van der Waals surface area contributed by atoms with Crippen molar-refractivity contribution in [2.24, 2.45) is 0 Å². The number of sulfonamides is 1. The van der Waals surface area contributed by atoms with E-state index in [1.165, 1.54) is 10.5 Å². The van der Waals surface area contributed by atoms with E-state index in [4.69, 9.17) is 5.11 Å². The molecule has 0 amide bonds. The molecule has 23 heavy (non-hydrogen) atoms. The summed E-state index contributed by atoms with van der Waals surface area (Å²) in [5.41, 5.74) is 0.814. The lowest BCUT2D eigenvalue weighted by molar-refractivity contribution is 0.0696. The maximum atomic E-state index is 12.3. The zero-order valence-electron chi connectivity index (χ0n) is 13.3. The molecule has 1 N–H and O–H groups in total. The molecular weight excluding hydrogens is 318 g/mol. The molecule has 0 aliphatic carbocycles. The molecule has 0 radical (unpaired) electrons. The van der Waals surface area contributed by atoms with Crippen LogP contribution in [-0.2, 0) is 10.0 Å². The topological polar surface area (TPSA) is 92.5 Å². The second-order valence-corrected chi connectivity index (χ2v) is 7.86. The molecule has 1 aromatic rings. The fourth-order valence-electron chi connectivity index (χ4n) is 2.91. The normalized spacial score (nSPS) is 17.3. The molecule has 0 aromatic carbocycles. The first-order chi connectivity index (χ1) is 10.9. The Hall–Kier alpha value is -1.67. The Balaban J connectivity index is 1.98. The van der Waals surface area contributed by atoms with Crippen molar-refractivity contribution in [3.05, 3.63) is 30.1 Å². The second kappa shape index (κ2) is 7.27. The molecule has 0 unspecified atom stereocenters. The van der Waals surface area contributed by atoms with Crippen LogP contribution in [0.4, 0.5) is 0 Å². The van der Waals surface area contributed by atoms with Gasteiger partial charge in [-0.15, -0.1) is 6.58 Å². The van der Waals surface area contributed by atoms with Crippen LogP contribution in [0.5, 0.6) is 0 Å². The summed E-state index contributed by atoms with van der Waals surface area (Å²) in [7, 11) is -3.22. The first-order valence-corrected chi connectivity index (χ1v) is 9.34. The minimum Gasteiger partial charge on any atom is -0.478 e. The number of piperidine rings is 1. The van der Waals surface area contributed by atoms with Crippen LogP contribution in [0, 0.1) is 6.92 Å². The first kappa shape index (κ1) is 17.7. The van der Waals surface area contributed by atoms with Crippen molar-refractivity contribution in [2.45, 2.75) is 38.6 Å². The van der Waals surface area contributed by atoms with E-state index in [1.807, 2.05) is 0 Å². The number of aromatic carboxylic acids is 1. The average Bonchev–Trinajstić information content (AvgIpc) is 2.89. The molecule has 2 rings (SSSR count). The fraction of sp³-hybridized carbons (Fsp3) is 0.600. The number of carboxylic acids is 1. The van der Waals surface area contributed by atoms with Gasteiger partial charge < -0.3 is 5.11 Å². The number of carboxylic acid groups (broad SMARTS) is 1. The molecular formula is C15H23N3O4S. The van der Waals surface area contributed by atoms with Gasteiger partial charge in [0.2, 0.25) is 10.0 Å². The highest BCUT2D eigenvalue weighted by atomic mass is 32.2.